The van der Waals surface area contributed by atoms with Gasteiger partial charge in [0.05, 0.1) is 17.8 Å². The van der Waals surface area contributed by atoms with Crippen molar-refractivity contribution in [3.05, 3.63) is 47.5 Å². The Hall–Kier alpha value is -2.08. The van der Waals surface area contributed by atoms with E-state index in [1.54, 1.807) is 29.1 Å². The zero-order chi connectivity index (χ0) is 17.8. The molecule has 2 heterocycles. The van der Waals surface area contributed by atoms with E-state index >= 15 is 0 Å². The fourth-order valence-corrected chi connectivity index (χ4v) is 3.22. The Kier molecular flexibility index (Phi) is 5.58. The number of hydrogen-bond donors (Lipinski definition) is 0. The number of carbonyl (C=O) groups excluding carboxylic acids is 1. The van der Waals surface area contributed by atoms with Gasteiger partial charge in [-0.25, -0.2) is 4.39 Å². The Balaban J connectivity index is 1.57. The SMILES string of the molecule is C[C@H](C(=O)N1CCC[C@@H](COc2ccccc2F)C1)n1cc(Cl)cn1. The number of halogens is 2. The van der Waals surface area contributed by atoms with Crippen LogP contribution in [-0.2, 0) is 4.79 Å². The fraction of sp³-hybridized carbons (Fsp3) is 0.444. The van der Waals surface area contributed by atoms with Crippen LogP contribution in [-0.4, -0.2) is 40.3 Å². The molecule has 0 saturated carbocycles. The second kappa shape index (κ2) is 7.87. The number of likely N-dealkylation sites (tertiary alicyclic amines) is 1. The van der Waals surface area contributed by atoms with Crippen LogP contribution in [0, 0.1) is 11.7 Å². The van der Waals surface area contributed by atoms with Crippen LogP contribution in [0.25, 0.3) is 0 Å². The van der Waals surface area contributed by atoms with Gasteiger partial charge in [-0.1, -0.05) is 23.7 Å². The summed E-state index contributed by atoms with van der Waals surface area (Å²) >= 11 is 5.87. The number of benzene rings is 1. The van der Waals surface area contributed by atoms with Gasteiger partial charge < -0.3 is 9.64 Å². The highest BCUT2D eigenvalue weighted by Crippen LogP contribution is 2.23. The Morgan fingerprint density at radius 2 is 2.28 bits per heavy atom. The number of ether oxygens (including phenoxy) is 1. The Morgan fingerprint density at radius 1 is 1.48 bits per heavy atom. The van der Waals surface area contributed by atoms with Crippen molar-refractivity contribution >= 4 is 17.5 Å². The molecule has 1 aliphatic rings. The van der Waals surface area contributed by atoms with Gasteiger partial charge in [-0.2, -0.15) is 5.10 Å². The number of hydrogen-bond acceptors (Lipinski definition) is 3. The molecule has 1 amide bonds. The van der Waals surface area contributed by atoms with Crippen LogP contribution in [0.3, 0.4) is 0 Å². The molecule has 1 aliphatic heterocycles. The summed E-state index contributed by atoms with van der Waals surface area (Å²) in [5.74, 6) is 0.0852. The molecule has 5 nitrogen and oxygen atoms in total. The van der Waals surface area contributed by atoms with Crippen LogP contribution in [0.5, 0.6) is 5.75 Å². The second-order valence-electron chi connectivity index (χ2n) is 6.35. The molecule has 134 valence electrons. The molecule has 0 spiro atoms. The van der Waals surface area contributed by atoms with E-state index < -0.39 is 6.04 Å². The van der Waals surface area contributed by atoms with Gasteiger partial charge in [-0.3, -0.25) is 9.48 Å². The molecule has 1 aromatic carbocycles. The van der Waals surface area contributed by atoms with Crippen molar-refractivity contribution in [1.82, 2.24) is 14.7 Å². The van der Waals surface area contributed by atoms with E-state index in [9.17, 15) is 9.18 Å². The molecule has 25 heavy (non-hydrogen) atoms. The summed E-state index contributed by atoms with van der Waals surface area (Å²) in [6.45, 7) is 3.53. The fourth-order valence-electron chi connectivity index (χ4n) is 3.07. The minimum absolute atomic E-state index is 0.00959. The average molecular weight is 366 g/mol. The van der Waals surface area contributed by atoms with E-state index in [4.69, 9.17) is 16.3 Å². The molecule has 2 atom stereocenters. The van der Waals surface area contributed by atoms with Gasteiger partial charge in [0.25, 0.3) is 0 Å². The summed E-state index contributed by atoms with van der Waals surface area (Å²) in [5.41, 5.74) is 0. The maximum atomic E-state index is 13.6. The lowest BCUT2D eigenvalue weighted by molar-refractivity contribution is -0.136. The predicted molar refractivity (Wildman–Crippen MR) is 93.1 cm³/mol. The zero-order valence-corrected chi connectivity index (χ0v) is 14.8. The summed E-state index contributed by atoms with van der Waals surface area (Å²) < 4.78 is 20.8. The predicted octanol–water partition coefficient (Wildman–Crippen LogP) is 3.55. The molecule has 0 radical (unpaired) electrons. The van der Waals surface area contributed by atoms with Crippen LogP contribution in [0.4, 0.5) is 4.39 Å². The van der Waals surface area contributed by atoms with Crippen molar-refractivity contribution in [2.24, 2.45) is 5.92 Å². The number of carbonyl (C=O) groups is 1. The molecule has 3 rings (SSSR count). The first-order valence-corrected chi connectivity index (χ1v) is 8.78. The molecule has 0 aliphatic carbocycles. The van der Waals surface area contributed by atoms with Gasteiger partial charge >= 0.3 is 0 Å². The second-order valence-corrected chi connectivity index (χ2v) is 6.78. The highest BCUT2D eigenvalue weighted by atomic mass is 35.5. The highest BCUT2D eigenvalue weighted by molar-refractivity contribution is 6.30. The summed E-state index contributed by atoms with van der Waals surface area (Å²) in [6, 6.07) is 5.96. The minimum Gasteiger partial charge on any atom is -0.490 e. The van der Waals surface area contributed by atoms with E-state index in [1.165, 1.54) is 12.3 Å². The molecule has 7 heteroatoms. The van der Waals surface area contributed by atoms with Crippen LogP contribution < -0.4 is 4.74 Å². The van der Waals surface area contributed by atoms with Crippen LogP contribution in [0.1, 0.15) is 25.8 Å². The van der Waals surface area contributed by atoms with Crippen molar-refractivity contribution in [1.29, 1.82) is 0 Å². The number of nitrogens with zero attached hydrogens (tertiary/aromatic N) is 3. The summed E-state index contributed by atoms with van der Waals surface area (Å²) in [6.07, 6.45) is 5.03. The average Bonchev–Trinajstić information content (AvgIpc) is 3.06. The van der Waals surface area contributed by atoms with Crippen molar-refractivity contribution < 1.29 is 13.9 Å². The van der Waals surface area contributed by atoms with Crippen LogP contribution >= 0.6 is 11.6 Å². The summed E-state index contributed by atoms with van der Waals surface area (Å²) in [4.78, 5) is 14.5. The first kappa shape index (κ1) is 17.7. The normalized spacial score (nSPS) is 18.8. The Morgan fingerprint density at radius 3 is 3.00 bits per heavy atom. The molecule has 0 unspecified atom stereocenters. The molecule has 2 aromatic rings. The smallest absolute Gasteiger partial charge is 0.247 e. The number of aromatic nitrogens is 2. The molecule has 0 N–H and O–H groups in total. The molecule has 1 fully saturated rings. The standard InChI is InChI=1S/C18H21ClFN3O2/c1-13(23-11-15(19)9-21-23)18(24)22-8-4-5-14(10-22)12-25-17-7-3-2-6-16(17)20/h2-3,6-7,9,11,13-14H,4-5,8,10,12H2,1H3/t13-,14-/m1/s1. The third kappa shape index (κ3) is 4.31. The van der Waals surface area contributed by atoms with Gasteiger partial charge in [-0.15, -0.1) is 0 Å². The lowest BCUT2D eigenvalue weighted by atomic mass is 9.98. The van der Waals surface area contributed by atoms with Crippen LogP contribution in [0.2, 0.25) is 5.02 Å². The number of para-hydroxylation sites is 1. The molecular weight excluding hydrogens is 345 g/mol. The van der Waals surface area contributed by atoms with E-state index in [0.29, 0.717) is 24.7 Å². The third-order valence-electron chi connectivity index (χ3n) is 4.47. The first-order chi connectivity index (χ1) is 12.0. The number of rotatable bonds is 5. The van der Waals surface area contributed by atoms with E-state index in [0.717, 1.165) is 12.8 Å². The number of piperidine rings is 1. The molecule has 1 aromatic heterocycles. The maximum absolute atomic E-state index is 13.6. The van der Waals surface area contributed by atoms with Gasteiger partial charge in [0.15, 0.2) is 11.6 Å². The molecular formula is C18H21ClFN3O2. The molecule has 0 bridgehead atoms. The van der Waals surface area contributed by atoms with Crippen molar-refractivity contribution in [3.8, 4) is 5.75 Å². The zero-order valence-electron chi connectivity index (χ0n) is 14.1. The Labute approximate surface area is 151 Å². The van der Waals surface area contributed by atoms with Gasteiger partial charge in [0.1, 0.15) is 6.04 Å². The monoisotopic (exact) mass is 365 g/mol. The van der Waals surface area contributed by atoms with E-state index in [-0.39, 0.29) is 23.4 Å². The van der Waals surface area contributed by atoms with Crippen molar-refractivity contribution in [2.75, 3.05) is 19.7 Å². The topological polar surface area (TPSA) is 47.4 Å². The van der Waals surface area contributed by atoms with Crippen molar-refractivity contribution in [2.45, 2.75) is 25.8 Å². The largest absolute Gasteiger partial charge is 0.490 e. The van der Waals surface area contributed by atoms with E-state index in [2.05, 4.69) is 5.10 Å². The Bertz CT molecular complexity index is 737. The molecule has 1 saturated heterocycles. The quantitative estimate of drug-likeness (QED) is 0.814. The van der Waals surface area contributed by atoms with E-state index in [1.807, 2.05) is 11.8 Å². The van der Waals surface area contributed by atoms with Gasteiger partial charge in [0.2, 0.25) is 5.91 Å². The van der Waals surface area contributed by atoms with Gasteiger partial charge in [-0.05, 0) is 31.9 Å². The van der Waals surface area contributed by atoms with Gasteiger partial charge in [0, 0.05) is 25.2 Å². The maximum Gasteiger partial charge on any atom is 0.247 e. The summed E-state index contributed by atoms with van der Waals surface area (Å²) in [5, 5.41) is 4.62. The lowest BCUT2D eigenvalue weighted by Crippen LogP contribution is -2.44. The summed E-state index contributed by atoms with van der Waals surface area (Å²) in [7, 11) is 0. The minimum atomic E-state index is -0.404. The highest BCUT2D eigenvalue weighted by Gasteiger charge is 2.28. The third-order valence-corrected chi connectivity index (χ3v) is 4.66. The van der Waals surface area contributed by atoms with Crippen LogP contribution in [0.15, 0.2) is 36.7 Å². The van der Waals surface area contributed by atoms with Crippen molar-refractivity contribution in [3.63, 3.8) is 0 Å². The lowest BCUT2D eigenvalue weighted by Gasteiger charge is -2.34. The first-order valence-electron chi connectivity index (χ1n) is 8.40. The number of amides is 1.